The number of ether oxygens (including phenoxy) is 2. The lowest BCUT2D eigenvalue weighted by Gasteiger charge is -2.59. The summed E-state index contributed by atoms with van der Waals surface area (Å²) in [6.07, 6.45) is 15.8. The average Bonchev–Trinajstić information content (AvgIpc) is 3.61. The van der Waals surface area contributed by atoms with E-state index in [4.69, 9.17) is 9.47 Å². The molecule has 4 saturated carbocycles. The predicted octanol–water partition coefficient (Wildman–Crippen LogP) is 7.25. The van der Waals surface area contributed by atoms with Gasteiger partial charge in [0.2, 0.25) is 0 Å². The molecule has 0 amide bonds. The highest BCUT2D eigenvalue weighted by Crippen LogP contribution is 2.74. The highest BCUT2D eigenvalue weighted by Gasteiger charge is 2.75. The van der Waals surface area contributed by atoms with Crippen molar-refractivity contribution in [1.82, 2.24) is 0 Å². The van der Waals surface area contributed by atoms with Gasteiger partial charge in [-0.05, 0) is 91.8 Å². The third-order valence-electron chi connectivity index (χ3n) is 12.6. The first-order valence-electron chi connectivity index (χ1n) is 14.1. The van der Waals surface area contributed by atoms with E-state index in [1.165, 1.54) is 64.2 Å². The van der Waals surface area contributed by atoms with E-state index in [1.54, 1.807) is 0 Å². The standard InChI is InChI=1S/C29H48O2/c1-7-19(17(2)3)26-25(30-26)18(4)21-10-11-22-20-16-24-29(31-24)14-9-8-13-28(29,6)23(20)12-15-27(21,22)5/h17-26H,7-16H2,1-6H3/t18-,19-,20-,21+,22-,23-,24?,25?,26?,27+,28+,29?/m0/s1. The molecular weight excluding hydrogens is 380 g/mol. The second kappa shape index (κ2) is 6.97. The fraction of sp³-hybridized carbons (Fsp3) is 1.00. The molecule has 1 spiro atoms. The van der Waals surface area contributed by atoms with Gasteiger partial charge in [0.25, 0.3) is 0 Å². The summed E-state index contributed by atoms with van der Waals surface area (Å²) < 4.78 is 13.0. The highest BCUT2D eigenvalue weighted by molar-refractivity contribution is 5.23. The maximum atomic E-state index is 6.62. The van der Waals surface area contributed by atoms with Crippen LogP contribution in [0.5, 0.6) is 0 Å². The summed E-state index contributed by atoms with van der Waals surface area (Å²) in [7, 11) is 0. The lowest BCUT2D eigenvalue weighted by atomic mass is 9.44. The van der Waals surface area contributed by atoms with Gasteiger partial charge in [0.15, 0.2) is 0 Å². The molecule has 6 fully saturated rings. The van der Waals surface area contributed by atoms with Gasteiger partial charge in [0.1, 0.15) is 5.60 Å². The van der Waals surface area contributed by atoms with Crippen LogP contribution >= 0.6 is 0 Å². The molecule has 2 heterocycles. The Kier molecular flexibility index (Phi) is 4.82. The Morgan fingerprint density at radius 3 is 2.42 bits per heavy atom. The molecule has 31 heavy (non-hydrogen) atoms. The Morgan fingerprint density at radius 1 is 0.903 bits per heavy atom. The molecule has 0 aromatic rings. The summed E-state index contributed by atoms with van der Waals surface area (Å²) in [4.78, 5) is 0. The minimum absolute atomic E-state index is 0.298. The van der Waals surface area contributed by atoms with Gasteiger partial charge in [-0.2, -0.15) is 0 Å². The summed E-state index contributed by atoms with van der Waals surface area (Å²) in [5.74, 6) is 5.87. The first kappa shape index (κ1) is 21.5. The molecule has 176 valence electrons. The van der Waals surface area contributed by atoms with Crippen LogP contribution in [0.1, 0.15) is 106 Å². The number of epoxide rings is 2. The average molecular weight is 429 g/mol. The van der Waals surface area contributed by atoms with Crippen molar-refractivity contribution < 1.29 is 9.47 Å². The third kappa shape index (κ3) is 2.76. The zero-order chi connectivity index (χ0) is 21.8. The van der Waals surface area contributed by atoms with Gasteiger partial charge in [-0.15, -0.1) is 0 Å². The lowest BCUT2D eigenvalue weighted by molar-refractivity contribution is -0.101. The van der Waals surface area contributed by atoms with E-state index in [-0.39, 0.29) is 0 Å². The zero-order valence-electron chi connectivity index (χ0n) is 21.2. The van der Waals surface area contributed by atoms with Crippen LogP contribution in [-0.4, -0.2) is 23.9 Å². The van der Waals surface area contributed by atoms with Crippen molar-refractivity contribution >= 4 is 0 Å². The van der Waals surface area contributed by atoms with Crippen molar-refractivity contribution in [2.45, 2.75) is 130 Å². The molecule has 0 aromatic carbocycles. The normalized spacial score (nSPS) is 56.8. The molecule has 6 aliphatic rings. The zero-order valence-corrected chi connectivity index (χ0v) is 21.2. The first-order chi connectivity index (χ1) is 14.8. The van der Waals surface area contributed by atoms with E-state index >= 15 is 0 Å². The second-order valence-electron chi connectivity index (χ2n) is 13.7. The van der Waals surface area contributed by atoms with Crippen molar-refractivity contribution in [3.05, 3.63) is 0 Å². The number of fused-ring (bicyclic) bond motifs is 4. The third-order valence-corrected chi connectivity index (χ3v) is 12.6. The molecule has 2 heteroatoms. The van der Waals surface area contributed by atoms with Crippen molar-refractivity contribution in [2.24, 2.45) is 52.3 Å². The quantitative estimate of drug-likeness (QED) is 0.431. The van der Waals surface area contributed by atoms with Crippen LogP contribution in [0.4, 0.5) is 0 Å². The fourth-order valence-electron chi connectivity index (χ4n) is 10.8. The summed E-state index contributed by atoms with van der Waals surface area (Å²) in [5.41, 5.74) is 1.31. The number of hydrogen-bond acceptors (Lipinski definition) is 2. The van der Waals surface area contributed by atoms with E-state index in [0.29, 0.717) is 34.7 Å². The van der Waals surface area contributed by atoms with E-state index in [9.17, 15) is 0 Å². The lowest BCUT2D eigenvalue weighted by Crippen LogP contribution is -2.57. The van der Waals surface area contributed by atoms with Crippen molar-refractivity contribution in [3.8, 4) is 0 Å². The molecule has 2 aliphatic heterocycles. The van der Waals surface area contributed by atoms with Crippen molar-refractivity contribution in [2.75, 3.05) is 0 Å². The highest BCUT2D eigenvalue weighted by atomic mass is 16.6. The van der Waals surface area contributed by atoms with Gasteiger partial charge in [-0.3, -0.25) is 0 Å². The molecule has 6 rings (SSSR count). The predicted molar refractivity (Wildman–Crippen MR) is 126 cm³/mol. The number of rotatable bonds is 5. The molecule has 0 bridgehead atoms. The van der Waals surface area contributed by atoms with Crippen LogP contribution in [0.25, 0.3) is 0 Å². The van der Waals surface area contributed by atoms with Gasteiger partial charge in [-0.1, -0.05) is 60.8 Å². The smallest absolute Gasteiger partial charge is 0.100 e. The van der Waals surface area contributed by atoms with E-state index in [1.807, 2.05) is 0 Å². The van der Waals surface area contributed by atoms with Crippen molar-refractivity contribution in [1.29, 1.82) is 0 Å². The van der Waals surface area contributed by atoms with E-state index in [0.717, 1.165) is 41.4 Å². The van der Waals surface area contributed by atoms with Crippen LogP contribution in [0, 0.1) is 52.3 Å². The van der Waals surface area contributed by atoms with Crippen LogP contribution in [0.3, 0.4) is 0 Å². The maximum absolute atomic E-state index is 6.62. The van der Waals surface area contributed by atoms with Gasteiger partial charge >= 0.3 is 0 Å². The Morgan fingerprint density at radius 2 is 1.68 bits per heavy atom. The summed E-state index contributed by atoms with van der Waals surface area (Å²) >= 11 is 0. The Balaban J connectivity index is 1.21. The summed E-state index contributed by atoms with van der Waals surface area (Å²) in [6.45, 7) is 15.1. The molecule has 12 atom stereocenters. The van der Waals surface area contributed by atoms with Gasteiger partial charge in [0.05, 0.1) is 18.3 Å². The fourth-order valence-corrected chi connectivity index (χ4v) is 10.8. The summed E-state index contributed by atoms with van der Waals surface area (Å²) in [6, 6.07) is 0. The topological polar surface area (TPSA) is 25.1 Å². The Bertz CT molecular complexity index is 718. The van der Waals surface area contributed by atoms with Crippen LogP contribution in [-0.2, 0) is 9.47 Å². The SMILES string of the molecule is CC[C@@H](C(C)C)C1OC1[C@@H](C)[C@H]1CC[C@H]2[C@@H]3CC4OC45CCCC[C@]5(C)[C@H]3CC[C@]12C. The molecule has 0 radical (unpaired) electrons. The minimum atomic E-state index is 0.298. The Hall–Kier alpha value is -0.0800. The molecule has 4 unspecified atom stereocenters. The molecule has 2 nitrogen and oxygen atoms in total. The molecule has 0 aromatic heterocycles. The van der Waals surface area contributed by atoms with Crippen LogP contribution < -0.4 is 0 Å². The van der Waals surface area contributed by atoms with E-state index < -0.39 is 0 Å². The largest absolute Gasteiger partial charge is 0.369 e. The maximum Gasteiger partial charge on any atom is 0.100 e. The van der Waals surface area contributed by atoms with Crippen LogP contribution in [0.2, 0.25) is 0 Å². The Labute approximate surface area is 191 Å². The van der Waals surface area contributed by atoms with Gasteiger partial charge in [0, 0.05) is 5.41 Å². The minimum Gasteiger partial charge on any atom is -0.369 e. The van der Waals surface area contributed by atoms with Crippen LogP contribution in [0.15, 0.2) is 0 Å². The molecule has 4 aliphatic carbocycles. The molecule has 0 N–H and O–H groups in total. The monoisotopic (exact) mass is 428 g/mol. The molecule has 2 saturated heterocycles. The van der Waals surface area contributed by atoms with Gasteiger partial charge in [-0.25, -0.2) is 0 Å². The van der Waals surface area contributed by atoms with E-state index in [2.05, 4.69) is 41.5 Å². The second-order valence-corrected chi connectivity index (χ2v) is 13.7. The first-order valence-corrected chi connectivity index (χ1v) is 14.1. The van der Waals surface area contributed by atoms with Gasteiger partial charge < -0.3 is 9.47 Å². The molecular formula is C29H48O2. The number of hydrogen-bond donors (Lipinski definition) is 0. The van der Waals surface area contributed by atoms with Crippen molar-refractivity contribution in [3.63, 3.8) is 0 Å². The summed E-state index contributed by atoms with van der Waals surface area (Å²) in [5, 5.41) is 0.